The number of H-pyrrole nitrogens is 1. The van der Waals surface area contributed by atoms with Crippen molar-refractivity contribution < 1.29 is 4.79 Å². The molecule has 0 aliphatic carbocycles. The maximum atomic E-state index is 12.2. The molecule has 1 unspecified atom stereocenters. The first-order valence-corrected chi connectivity index (χ1v) is 9.58. The summed E-state index contributed by atoms with van der Waals surface area (Å²) >= 11 is 0. The first-order valence-electron chi connectivity index (χ1n) is 9.58. The summed E-state index contributed by atoms with van der Waals surface area (Å²) < 4.78 is 0. The number of rotatable bonds is 7. The van der Waals surface area contributed by atoms with Gasteiger partial charge in [0.2, 0.25) is 5.91 Å². The zero-order chi connectivity index (χ0) is 18.4. The van der Waals surface area contributed by atoms with E-state index in [-0.39, 0.29) is 5.91 Å². The van der Waals surface area contributed by atoms with Crippen LogP contribution < -0.4 is 5.32 Å². The molecule has 138 valence electrons. The molecule has 0 radical (unpaired) electrons. The van der Waals surface area contributed by atoms with E-state index in [9.17, 15) is 4.79 Å². The Morgan fingerprint density at radius 2 is 2.12 bits per heavy atom. The molecule has 1 aromatic carbocycles. The molecule has 0 saturated carbocycles. The third-order valence-electron chi connectivity index (χ3n) is 4.99. The largest absolute Gasteiger partial charge is 0.375 e. The number of amides is 1. The number of carbonyl (C=O) groups excluding carboxylic acids is 1. The first-order chi connectivity index (χ1) is 12.6. The van der Waals surface area contributed by atoms with E-state index >= 15 is 0 Å². The lowest BCUT2D eigenvalue weighted by Crippen LogP contribution is -2.29. The van der Waals surface area contributed by atoms with E-state index in [2.05, 4.69) is 59.5 Å². The smallest absolute Gasteiger partial charge is 0.225 e. The van der Waals surface area contributed by atoms with Gasteiger partial charge in [-0.3, -0.25) is 4.79 Å². The predicted molar refractivity (Wildman–Crippen MR) is 107 cm³/mol. The Balaban J connectivity index is 1.46. The van der Waals surface area contributed by atoms with E-state index in [1.807, 2.05) is 24.4 Å². The highest BCUT2D eigenvalue weighted by Crippen LogP contribution is 2.28. The van der Waals surface area contributed by atoms with Crippen molar-refractivity contribution in [2.75, 3.05) is 11.9 Å². The van der Waals surface area contributed by atoms with Gasteiger partial charge in [-0.2, -0.15) is 0 Å². The van der Waals surface area contributed by atoms with Crippen molar-refractivity contribution in [3.8, 4) is 0 Å². The Hall–Kier alpha value is -2.49. The van der Waals surface area contributed by atoms with Gasteiger partial charge in [0, 0.05) is 31.1 Å². The summed E-state index contributed by atoms with van der Waals surface area (Å²) in [6.45, 7) is 5.50. The summed E-state index contributed by atoms with van der Waals surface area (Å²) in [5, 5.41) is 2.99. The van der Waals surface area contributed by atoms with Crippen molar-refractivity contribution in [3.63, 3.8) is 0 Å². The fourth-order valence-electron chi connectivity index (χ4n) is 3.39. The zero-order valence-corrected chi connectivity index (χ0v) is 15.7. The highest BCUT2D eigenvalue weighted by atomic mass is 16.1. The number of aryl methyl sites for hydroxylation is 1. The van der Waals surface area contributed by atoms with Crippen LogP contribution in [0.25, 0.3) is 0 Å². The molecule has 2 aromatic rings. The van der Waals surface area contributed by atoms with Crippen LogP contribution in [0.2, 0.25) is 0 Å². The maximum Gasteiger partial charge on any atom is 0.225 e. The first kappa shape index (κ1) is 18.3. The Kier molecular flexibility index (Phi) is 6.16. The van der Waals surface area contributed by atoms with Gasteiger partial charge in [0.25, 0.3) is 0 Å². The zero-order valence-electron chi connectivity index (χ0n) is 15.7. The quantitative estimate of drug-likeness (QED) is 0.760. The van der Waals surface area contributed by atoms with Crippen LogP contribution in [0, 0.1) is 0 Å². The van der Waals surface area contributed by atoms with Gasteiger partial charge in [-0.1, -0.05) is 36.4 Å². The lowest BCUT2D eigenvalue weighted by atomic mass is 9.95. The fraction of sp³-hybridized carbons (Fsp3) is 0.409. The lowest BCUT2D eigenvalue weighted by molar-refractivity contribution is -0.116. The maximum absolute atomic E-state index is 12.2. The number of hydrogen-bond acceptors (Lipinski definition) is 2. The second-order valence-electron chi connectivity index (χ2n) is 7.30. The number of benzene rings is 1. The van der Waals surface area contributed by atoms with E-state index in [4.69, 9.17) is 0 Å². The van der Waals surface area contributed by atoms with Crippen LogP contribution in [-0.2, 0) is 11.2 Å². The van der Waals surface area contributed by atoms with Gasteiger partial charge in [0.05, 0.1) is 0 Å². The van der Waals surface area contributed by atoms with Crippen molar-refractivity contribution in [1.82, 2.24) is 9.88 Å². The van der Waals surface area contributed by atoms with Crippen molar-refractivity contribution >= 4 is 11.7 Å². The second-order valence-corrected chi connectivity index (χ2v) is 7.30. The molecule has 0 saturated heterocycles. The van der Waals surface area contributed by atoms with Gasteiger partial charge in [-0.15, -0.1) is 0 Å². The molecule has 1 aromatic heterocycles. The second kappa shape index (κ2) is 8.75. The Morgan fingerprint density at radius 3 is 2.81 bits per heavy atom. The summed E-state index contributed by atoms with van der Waals surface area (Å²) in [7, 11) is 0. The molecular formula is C22H29N3O. The molecule has 26 heavy (non-hydrogen) atoms. The van der Waals surface area contributed by atoms with E-state index in [0.717, 1.165) is 31.6 Å². The van der Waals surface area contributed by atoms with Crippen LogP contribution in [-0.4, -0.2) is 28.4 Å². The van der Waals surface area contributed by atoms with Crippen LogP contribution in [0.4, 0.5) is 5.82 Å². The lowest BCUT2D eigenvalue weighted by Gasteiger charge is -2.30. The molecular weight excluding hydrogens is 322 g/mol. The van der Waals surface area contributed by atoms with Crippen molar-refractivity contribution in [2.45, 2.75) is 51.5 Å². The van der Waals surface area contributed by atoms with Gasteiger partial charge >= 0.3 is 0 Å². The summed E-state index contributed by atoms with van der Waals surface area (Å²) in [6.07, 6.45) is 9.92. The van der Waals surface area contributed by atoms with E-state index in [0.29, 0.717) is 18.4 Å². The Labute approximate surface area is 156 Å². The van der Waals surface area contributed by atoms with Crippen molar-refractivity contribution in [3.05, 3.63) is 66.0 Å². The summed E-state index contributed by atoms with van der Waals surface area (Å²) in [5.74, 6) is 1.29. The third kappa shape index (κ3) is 5.01. The van der Waals surface area contributed by atoms with E-state index in [1.165, 1.54) is 11.1 Å². The highest BCUT2D eigenvalue weighted by molar-refractivity contribution is 5.89. The number of allylic oxidation sites excluding steroid dienone is 1. The minimum absolute atomic E-state index is 0.0690. The number of aromatic amines is 1. The van der Waals surface area contributed by atoms with Gasteiger partial charge in [0.1, 0.15) is 5.82 Å². The number of carbonyl (C=O) groups is 1. The molecule has 1 amide bonds. The summed E-state index contributed by atoms with van der Waals surface area (Å²) in [5.41, 5.74) is 2.52. The summed E-state index contributed by atoms with van der Waals surface area (Å²) in [4.78, 5) is 17.7. The minimum Gasteiger partial charge on any atom is -0.375 e. The standard InChI is InChI=1S/C22H29N3O/c1-17(2)25-13-11-19(12-14-25)20-15-21(23-16-20)24-22(26)10-6-9-18-7-4-3-5-8-18/h3-5,7-8,11,13,15-17,19,23H,6,9-10,12,14H2,1-2H3,(H,24,26). The van der Waals surface area contributed by atoms with Crippen LogP contribution in [0.15, 0.2) is 54.9 Å². The van der Waals surface area contributed by atoms with Gasteiger partial charge < -0.3 is 15.2 Å². The van der Waals surface area contributed by atoms with Crippen LogP contribution in [0.5, 0.6) is 0 Å². The minimum atomic E-state index is 0.0690. The summed E-state index contributed by atoms with van der Waals surface area (Å²) in [6, 6.07) is 12.9. The molecule has 1 aliphatic heterocycles. The van der Waals surface area contributed by atoms with E-state index in [1.54, 1.807) is 0 Å². The number of nitrogens with one attached hydrogen (secondary N) is 2. The fourth-order valence-corrected chi connectivity index (χ4v) is 3.39. The molecule has 3 rings (SSSR count). The number of aromatic nitrogens is 1. The molecule has 2 heterocycles. The monoisotopic (exact) mass is 351 g/mol. The molecule has 4 heteroatoms. The number of anilines is 1. The van der Waals surface area contributed by atoms with Gasteiger partial charge in [-0.05, 0) is 56.5 Å². The molecule has 1 atom stereocenters. The average molecular weight is 351 g/mol. The molecule has 2 N–H and O–H groups in total. The topological polar surface area (TPSA) is 48.1 Å². The van der Waals surface area contributed by atoms with Gasteiger partial charge in [0.15, 0.2) is 0 Å². The van der Waals surface area contributed by atoms with Crippen LogP contribution in [0.1, 0.15) is 50.2 Å². The SMILES string of the molecule is CC(C)N1C=CC(c2c[nH]c(NC(=O)CCCc3ccccc3)c2)CC1. The number of nitrogens with zero attached hydrogens (tertiary/aromatic N) is 1. The van der Waals surface area contributed by atoms with Crippen LogP contribution >= 0.6 is 0 Å². The molecule has 0 spiro atoms. The molecule has 4 nitrogen and oxygen atoms in total. The van der Waals surface area contributed by atoms with Crippen molar-refractivity contribution in [2.24, 2.45) is 0 Å². The molecule has 0 fully saturated rings. The Bertz CT molecular complexity index is 733. The van der Waals surface area contributed by atoms with Gasteiger partial charge in [-0.25, -0.2) is 0 Å². The molecule has 0 bridgehead atoms. The Morgan fingerprint density at radius 1 is 1.31 bits per heavy atom. The van der Waals surface area contributed by atoms with E-state index < -0.39 is 0 Å². The van der Waals surface area contributed by atoms with Crippen LogP contribution in [0.3, 0.4) is 0 Å². The highest BCUT2D eigenvalue weighted by Gasteiger charge is 2.18. The third-order valence-corrected chi connectivity index (χ3v) is 4.99. The normalized spacial score (nSPS) is 16.9. The average Bonchev–Trinajstić information content (AvgIpc) is 3.11. The van der Waals surface area contributed by atoms with Crippen molar-refractivity contribution in [1.29, 1.82) is 0 Å². The molecule has 1 aliphatic rings. The predicted octanol–water partition coefficient (Wildman–Crippen LogP) is 4.69. The number of hydrogen-bond donors (Lipinski definition) is 2.